The molecule has 4 N–H and O–H groups in total. The molecule has 8 nitrogen and oxygen atoms in total. The number of hydrogen-bond donors (Lipinski definition) is 4. The third-order valence-electron chi connectivity index (χ3n) is 5.13. The molecule has 0 bridgehead atoms. The van der Waals surface area contributed by atoms with Gasteiger partial charge in [0.25, 0.3) is 5.91 Å². The van der Waals surface area contributed by atoms with Crippen molar-refractivity contribution in [3.63, 3.8) is 0 Å². The summed E-state index contributed by atoms with van der Waals surface area (Å²) in [6.45, 7) is 1.74. The Balaban J connectivity index is 1.58. The van der Waals surface area contributed by atoms with Crippen molar-refractivity contribution in [1.82, 2.24) is 9.69 Å². The molecule has 1 aromatic heterocycles. The highest BCUT2D eigenvalue weighted by molar-refractivity contribution is 7.11. The van der Waals surface area contributed by atoms with E-state index in [1.807, 2.05) is 24.3 Å². The van der Waals surface area contributed by atoms with Crippen molar-refractivity contribution in [2.45, 2.75) is 25.1 Å². The smallest absolute Gasteiger partial charge is 0.259 e. The maximum absolute atomic E-state index is 13.3. The zero-order valence-electron chi connectivity index (χ0n) is 17.4. The number of aromatic hydroxyl groups is 1. The van der Waals surface area contributed by atoms with Crippen LogP contribution in [0.2, 0.25) is 0 Å². The van der Waals surface area contributed by atoms with Crippen LogP contribution in [0.5, 0.6) is 5.88 Å². The summed E-state index contributed by atoms with van der Waals surface area (Å²) in [4.78, 5) is 14.9. The Morgan fingerprint density at radius 2 is 2.12 bits per heavy atom. The van der Waals surface area contributed by atoms with E-state index in [0.29, 0.717) is 22.7 Å². The molecular formula is C22H22ClN5O3S. The van der Waals surface area contributed by atoms with Crippen LogP contribution < -0.4 is 15.5 Å². The van der Waals surface area contributed by atoms with Crippen molar-refractivity contribution in [2.75, 3.05) is 17.3 Å². The molecule has 1 amide bonds. The number of ether oxygens (including phenoxy) is 1. The molecule has 0 fully saturated rings. The average Bonchev–Trinajstić information content (AvgIpc) is 3.31. The van der Waals surface area contributed by atoms with E-state index < -0.39 is 11.7 Å². The van der Waals surface area contributed by atoms with Gasteiger partial charge >= 0.3 is 0 Å². The largest absolute Gasteiger partial charge is 0.492 e. The predicted octanol–water partition coefficient (Wildman–Crippen LogP) is 4.27. The third kappa shape index (κ3) is 4.27. The quantitative estimate of drug-likeness (QED) is 0.140. The number of carbonyl (C=O) groups is 1. The predicted molar refractivity (Wildman–Crippen MR) is 127 cm³/mol. The van der Waals surface area contributed by atoms with Crippen LogP contribution in [0.4, 0.5) is 16.4 Å². The molecule has 166 valence electrons. The van der Waals surface area contributed by atoms with Crippen molar-refractivity contribution in [2.24, 2.45) is 0 Å². The van der Waals surface area contributed by atoms with E-state index in [-0.39, 0.29) is 23.2 Å². The third-order valence-corrected chi connectivity index (χ3v) is 6.23. The Bertz CT molecular complexity index is 1170. The second kappa shape index (κ2) is 9.15. The highest BCUT2D eigenvalue weighted by Gasteiger charge is 2.32. The summed E-state index contributed by atoms with van der Waals surface area (Å²) in [7, 11) is 1.52. The van der Waals surface area contributed by atoms with Gasteiger partial charge in [-0.3, -0.25) is 15.1 Å². The first-order valence-electron chi connectivity index (χ1n) is 9.88. The number of aromatic nitrogens is 1. The number of halogens is 1. The molecule has 0 spiro atoms. The lowest BCUT2D eigenvalue weighted by Crippen LogP contribution is -2.34. The second-order valence-corrected chi connectivity index (χ2v) is 8.53. The molecule has 3 aromatic rings. The van der Waals surface area contributed by atoms with Crippen LogP contribution >= 0.6 is 23.1 Å². The fourth-order valence-corrected chi connectivity index (χ4v) is 4.58. The van der Waals surface area contributed by atoms with Crippen LogP contribution in [0.25, 0.3) is 0 Å². The summed E-state index contributed by atoms with van der Waals surface area (Å²) in [5.74, 6) is -0.488. The molecule has 32 heavy (non-hydrogen) atoms. The molecule has 2 aromatic carbocycles. The number of fused-ring (bicyclic) bond motifs is 1. The van der Waals surface area contributed by atoms with E-state index in [9.17, 15) is 9.90 Å². The highest BCUT2D eigenvalue weighted by atomic mass is 35.5. The molecule has 0 radical (unpaired) electrons. The topological polar surface area (TPSA) is 111 Å². The van der Waals surface area contributed by atoms with Gasteiger partial charge in [-0.05, 0) is 48.3 Å². The van der Waals surface area contributed by atoms with Crippen molar-refractivity contribution >= 4 is 51.3 Å². The molecule has 0 saturated carbocycles. The van der Waals surface area contributed by atoms with E-state index in [1.165, 1.54) is 7.11 Å². The summed E-state index contributed by atoms with van der Waals surface area (Å²) >= 11 is 7.50. The number of amidine groups is 1. The lowest BCUT2D eigenvalue weighted by Gasteiger charge is -2.21. The summed E-state index contributed by atoms with van der Waals surface area (Å²) in [5, 5.41) is 24.8. The summed E-state index contributed by atoms with van der Waals surface area (Å²) in [6, 6.07) is 14.7. The number of anilines is 3. The van der Waals surface area contributed by atoms with Crippen LogP contribution in [-0.2, 0) is 11.2 Å². The van der Waals surface area contributed by atoms with E-state index in [4.69, 9.17) is 21.7 Å². The van der Waals surface area contributed by atoms with Crippen LogP contribution in [0.3, 0.4) is 0 Å². The number of benzene rings is 2. The zero-order chi connectivity index (χ0) is 22.8. The van der Waals surface area contributed by atoms with Gasteiger partial charge in [0, 0.05) is 30.5 Å². The number of carbonyl (C=O) groups excluding carboxylic acids is 1. The van der Waals surface area contributed by atoms with Gasteiger partial charge in [0.2, 0.25) is 5.88 Å². The number of hydrogen-bond acceptors (Lipinski definition) is 7. The van der Waals surface area contributed by atoms with Gasteiger partial charge in [-0.25, -0.2) is 0 Å². The number of methoxy groups -OCH3 is 1. The summed E-state index contributed by atoms with van der Waals surface area (Å²) < 4.78 is 9.06. The molecular weight excluding hydrogens is 450 g/mol. The Kier molecular flexibility index (Phi) is 6.31. The van der Waals surface area contributed by atoms with Crippen LogP contribution in [0.1, 0.15) is 28.4 Å². The van der Waals surface area contributed by atoms with E-state index >= 15 is 0 Å². The van der Waals surface area contributed by atoms with Crippen molar-refractivity contribution in [3.05, 3.63) is 65.2 Å². The second-order valence-electron chi connectivity index (χ2n) is 7.26. The maximum Gasteiger partial charge on any atom is 0.259 e. The summed E-state index contributed by atoms with van der Waals surface area (Å²) in [5.41, 5.74) is 2.72. The fraction of sp³-hybridized carbons (Fsp3) is 0.227. The first-order valence-corrected chi connectivity index (χ1v) is 11.1. The van der Waals surface area contributed by atoms with Crippen LogP contribution in [-0.4, -0.2) is 40.1 Å². The van der Waals surface area contributed by atoms with E-state index in [2.05, 4.69) is 15.0 Å². The van der Waals surface area contributed by atoms with Gasteiger partial charge in [0.15, 0.2) is 0 Å². The van der Waals surface area contributed by atoms with Gasteiger partial charge < -0.3 is 20.5 Å². The highest BCUT2D eigenvalue weighted by Crippen LogP contribution is 2.36. The first-order chi connectivity index (χ1) is 15.4. The zero-order valence-corrected chi connectivity index (χ0v) is 19.0. The van der Waals surface area contributed by atoms with Gasteiger partial charge in [0.1, 0.15) is 28.1 Å². The number of nitrogens with one attached hydrogen (secondary N) is 3. The number of amides is 1. The Morgan fingerprint density at radius 3 is 2.91 bits per heavy atom. The molecule has 1 aliphatic heterocycles. The standard InChI is InChI=1S/C22H22ClN5O3S/c1-12(31-2)25-19(24)18-20(29)27-32-21(18)26-15-8-5-7-14(10-15)22(30)28-16-9-4-3-6-13(16)11-17(28)23/h3-10,12,17,26H,11H2,1-2H3,(H2,24,25)(H,27,29). The average molecular weight is 472 g/mol. The molecule has 2 atom stereocenters. The van der Waals surface area contributed by atoms with Crippen molar-refractivity contribution < 1.29 is 14.6 Å². The molecule has 4 rings (SSSR count). The normalized spacial score (nSPS) is 15.8. The number of nitrogens with zero attached hydrogens (tertiary/aromatic N) is 2. The monoisotopic (exact) mass is 471 g/mol. The maximum atomic E-state index is 13.3. The summed E-state index contributed by atoms with van der Waals surface area (Å²) in [6.07, 6.45) is 0.183. The van der Waals surface area contributed by atoms with Gasteiger partial charge in [-0.1, -0.05) is 35.9 Å². The lowest BCUT2D eigenvalue weighted by atomic mass is 10.1. The number of para-hydroxylation sites is 1. The van der Waals surface area contributed by atoms with Gasteiger partial charge in [-0.2, -0.15) is 4.37 Å². The van der Waals surface area contributed by atoms with Gasteiger partial charge in [-0.15, -0.1) is 0 Å². The molecule has 0 aliphatic carbocycles. The Hall–Kier alpha value is -3.14. The van der Waals surface area contributed by atoms with Crippen LogP contribution in [0, 0.1) is 5.41 Å². The van der Waals surface area contributed by atoms with E-state index in [1.54, 1.807) is 36.1 Å². The number of alkyl halides is 1. The van der Waals surface area contributed by atoms with Crippen molar-refractivity contribution in [1.29, 1.82) is 5.41 Å². The molecule has 1 aliphatic rings. The molecule has 10 heteroatoms. The van der Waals surface area contributed by atoms with Gasteiger partial charge in [0.05, 0.1) is 0 Å². The Morgan fingerprint density at radius 1 is 1.34 bits per heavy atom. The minimum Gasteiger partial charge on any atom is -0.492 e. The fourth-order valence-electron chi connectivity index (χ4n) is 3.51. The minimum absolute atomic E-state index is 0.0287. The number of rotatable bonds is 6. The SMILES string of the molecule is COC(C)NC(=N)c1c(O)nsc1Nc1cccc(C(=O)N2c3ccccc3CC2Cl)c1. The van der Waals surface area contributed by atoms with E-state index in [0.717, 1.165) is 22.8 Å². The Labute approximate surface area is 194 Å². The minimum atomic E-state index is -0.448. The first kappa shape index (κ1) is 22.1. The van der Waals surface area contributed by atoms with Crippen LogP contribution in [0.15, 0.2) is 48.5 Å². The molecule has 2 unspecified atom stereocenters. The molecule has 0 saturated heterocycles. The van der Waals surface area contributed by atoms with Crippen molar-refractivity contribution in [3.8, 4) is 5.88 Å². The lowest BCUT2D eigenvalue weighted by molar-refractivity contribution is 0.0986. The molecule has 2 heterocycles.